The number of nitrogens with two attached hydrogens (primary N) is 1. The Labute approximate surface area is 126 Å². The first-order valence-corrected chi connectivity index (χ1v) is 7.45. The SMILES string of the molecule is Cc1ccccc1Cc1noc(CC(N)CC(C)(C)C)n1. The molecule has 2 N–H and O–H groups in total. The Morgan fingerprint density at radius 3 is 2.62 bits per heavy atom. The largest absolute Gasteiger partial charge is 0.339 e. The lowest BCUT2D eigenvalue weighted by Crippen LogP contribution is -2.28. The zero-order valence-corrected chi connectivity index (χ0v) is 13.4. The highest BCUT2D eigenvalue weighted by atomic mass is 16.5. The van der Waals surface area contributed by atoms with Crippen molar-refractivity contribution in [3.63, 3.8) is 0 Å². The van der Waals surface area contributed by atoms with Crippen LogP contribution in [0.5, 0.6) is 0 Å². The monoisotopic (exact) mass is 287 g/mol. The molecule has 0 saturated carbocycles. The molecule has 0 bridgehead atoms. The molecule has 0 aliphatic heterocycles. The molecular weight excluding hydrogens is 262 g/mol. The van der Waals surface area contributed by atoms with E-state index in [4.69, 9.17) is 10.3 Å². The van der Waals surface area contributed by atoms with Crippen molar-refractivity contribution in [3.05, 3.63) is 47.1 Å². The van der Waals surface area contributed by atoms with Gasteiger partial charge < -0.3 is 10.3 Å². The highest BCUT2D eigenvalue weighted by molar-refractivity contribution is 5.27. The molecule has 1 unspecified atom stereocenters. The second-order valence-corrected chi connectivity index (χ2v) is 6.94. The molecular formula is C17H25N3O. The summed E-state index contributed by atoms with van der Waals surface area (Å²) in [7, 11) is 0. The summed E-state index contributed by atoms with van der Waals surface area (Å²) in [5.74, 6) is 1.36. The molecule has 4 nitrogen and oxygen atoms in total. The molecule has 2 rings (SSSR count). The lowest BCUT2D eigenvalue weighted by Gasteiger charge is -2.21. The molecule has 0 spiro atoms. The number of benzene rings is 1. The zero-order valence-electron chi connectivity index (χ0n) is 13.4. The summed E-state index contributed by atoms with van der Waals surface area (Å²) in [4.78, 5) is 4.46. The van der Waals surface area contributed by atoms with Gasteiger partial charge >= 0.3 is 0 Å². The third-order valence-corrected chi connectivity index (χ3v) is 3.43. The van der Waals surface area contributed by atoms with Crippen molar-refractivity contribution in [2.24, 2.45) is 11.1 Å². The minimum atomic E-state index is 0.0526. The van der Waals surface area contributed by atoms with Crippen molar-refractivity contribution >= 4 is 0 Å². The van der Waals surface area contributed by atoms with E-state index >= 15 is 0 Å². The van der Waals surface area contributed by atoms with Gasteiger partial charge in [0, 0.05) is 18.9 Å². The highest BCUT2D eigenvalue weighted by Crippen LogP contribution is 2.21. The van der Waals surface area contributed by atoms with Crippen LogP contribution in [0.4, 0.5) is 0 Å². The van der Waals surface area contributed by atoms with Crippen LogP contribution in [0.2, 0.25) is 0 Å². The van der Waals surface area contributed by atoms with Crippen LogP contribution in [0.1, 0.15) is 50.0 Å². The molecule has 2 aromatic rings. The molecule has 1 aromatic carbocycles. The maximum absolute atomic E-state index is 6.15. The van der Waals surface area contributed by atoms with Crippen molar-refractivity contribution in [1.82, 2.24) is 10.1 Å². The molecule has 0 aliphatic rings. The summed E-state index contributed by atoms with van der Waals surface area (Å²) >= 11 is 0. The average Bonchev–Trinajstić information content (AvgIpc) is 2.77. The lowest BCUT2D eigenvalue weighted by molar-refractivity contribution is 0.312. The molecule has 0 radical (unpaired) electrons. The van der Waals surface area contributed by atoms with Crippen molar-refractivity contribution in [2.45, 2.75) is 53.0 Å². The summed E-state index contributed by atoms with van der Waals surface area (Å²) < 4.78 is 5.32. The Balaban J connectivity index is 1.97. The van der Waals surface area contributed by atoms with Gasteiger partial charge in [-0.25, -0.2) is 0 Å². The fourth-order valence-corrected chi connectivity index (χ4v) is 2.51. The first-order chi connectivity index (χ1) is 9.83. The third-order valence-electron chi connectivity index (χ3n) is 3.43. The predicted octanol–water partition coefficient (Wildman–Crippen LogP) is 3.27. The van der Waals surface area contributed by atoms with E-state index in [2.05, 4.69) is 50.0 Å². The fraction of sp³-hybridized carbons (Fsp3) is 0.529. The van der Waals surface area contributed by atoms with Crippen LogP contribution in [-0.2, 0) is 12.8 Å². The Morgan fingerprint density at radius 2 is 1.95 bits per heavy atom. The molecule has 1 aromatic heterocycles. The maximum Gasteiger partial charge on any atom is 0.228 e. The summed E-state index contributed by atoms with van der Waals surface area (Å²) in [6.45, 7) is 8.65. The van der Waals surface area contributed by atoms with Gasteiger partial charge in [0.2, 0.25) is 5.89 Å². The van der Waals surface area contributed by atoms with E-state index in [-0.39, 0.29) is 11.5 Å². The van der Waals surface area contributed by atoms with Crippen LogP contribution in [0.25, 0.3) is 0 Å². The molecule has 0 amide bonds. The number of nitrogens with zero attached hydrogens (tertiary/aromatic N) is 2. The van der Waals surface area contributed by atoms with Crippen LogP contribution in [-0.4, -0.2) is 16.2 Å². The summed E-state index contributed by atoms with van der Waals surface area (Å²) in [6.07, 6.45) is 2.27. The molecule has 1 atom stereocenters. The van der Waals surface area contributed by atoms with Crippen LogP contribution in [0.15, 0.2) is 28.8 Å². The first kappa shape index (κ1) is 15.7. The van der Waals surface area contributed by atoms with Gasteiger partial charge in [-0.2, -0.15) is 4.98 Å². The average molecular weight is 287 g/mol. The van der Waals surface area contributed by atoms with Gasteiger partial charge in [0.15, 0.2) is 5.82 Å². The second kappa shape index (κ2) is 6.39. The van der Waals surface area contributed by atoms with E-state index in [1.165, 1.54) is 11.1 Å². The number of aromatic nitrogens is 2. The molecule has 0 saturated heterocycles. The van der Waals surface area contributed by atoms with E-state index in [0.717, 1.165) is 12.2 Å². The Bertz CT molecular complexity index is 584. The standard InChI is InChI=1S/C17H25N3O/c1-12-7-5-6-8-13(12)9-15-19-16(21-20-15)10-14(18)11-17(2,3)4/h5-8,14H,9-11,18H2,1-4H3. The smallest absolute Gasteiger partial charge is 0.228 e. The molecule has 21 heavy (non-hydrogen) atoms. The van der Waals surface area contributed by atoms with E-state index < -0.39 is 0 Å². The molecule has 1 heterocycles. The van der Waals surface area contributed by atoms with Crippen LogP contribution < -0.4 is 5.73 Å². The topological polar surface area (TPSA) is 64.9 Å². The lowest BCUT2D eigenvalue weighted by atomic mass is 9.87. The highest BCUT2D eigenvalue weighted by Gasteiger charge is 2.18. The van der Waals surface area contributed by atoms with Gasteiger partial charge in [0.25, 0.3) is 0 Å². The van der Waals surface area contributed by atoms with Crippen LogP contribution in [0.3, 0.4) is 0 Å². The normalized spacial score (nSPS) is 13.4. The van der Waals surface area contributed by atoms with Crippen LogP contribution in [0, 0.1) is 12.3 Å². The van der Waals surface area contributed by atoms with Gasteiger partial charge in [0.05, 0.1) is 0 Å². The third kappa shape index (κ3) is 4.97. The number of rotatable bonds is 5. The van der Waals surface area contributed by atoms with Crippen LogP contribution >= 0.6 is 0 Å². The summed E-state index contributed by atoms with van der Waals surface area (Å²) in [6, 6.07) is 8.30. The second-order valence-electron chi connectivity index (χ2n) is 6.94. The van der Waals surface area contributed by atoms with Gasteiger partial charge in [-0.3, -0.25) is 0 Å². The van der Waals surface area contributed by atoms with Gasteiger partial charge in [0.1, 0.15) is 0 Å². The molecule has 4 heteroatoms. The maximum atomic E-state index is 6.15. The number of aryl methyl sites for hydroxylation is 1. The minimum Gasteiger partial charge on any atom is -0.339 e. The summed E-state index contributed by atoms with van der Waals surface area (Å²) in [5.41, 5.74) is 8.83. The zero-order chi connectivity index (χ0) is 15.5. The minimum absolute atomic E-state index is 0.0526. The summed E-state index contributed by atoms with van der Waals surface area (Å²) in [5, 5.41) is 4.06. The molecule has 114 valence electrons. The van der Waals surface area contributed by atoms with E-state index in [9.17, 15) is 0 Å². The number of hydrogen-bond acceptors (Lipinski definition) is 4. The Kier molecular flexibility index (Phi) is 4.78. The van der Waals surface area contributed by atoms with Crippen molar-refractivity contribution in [1.29, 1.82) is 0 Å². The Hall–Kier alpha value is -1.68. The predicted molar refractivity (Wildman–Crippen MR) is 84.0 cm³/mol. The van der Waals surface area contributed by atoms with E-state index in [1.807, 2.05) is 12.1 Å². The first-order valence-electron chi connectivity index (χ1n) is 7.45. The van der Waals surface area contributed by atoms with Crippen molar-refractivity contribution < 1.29 is 4.52 Å². The molecule has 0 aliphatic carbocycles. The van der Waals surface area contributed by atoms with Crippen molar-refractivity contribution in [2.75, 3.05) is 0 Å². The van der Waals surface area contributed by atoms with Gasteiger partial charge in [-0.1, -0.05) is 50.2 Å². The quantitative estimate of drug-likeness (QED) is 0.916. The van der Waals surface area contributed by atoms with Crippen molar-refractivity contribution in [3.8, 4) is 0 Å². The molecule has 0 fully saturated rings. The van der Waals surface area contributed by atoms with E-state index in [1.54, 1.807) is 0 Å². The van der Waals surface area contributed by atoms with Gasteiger partial charge in [-0.05, 0) is 29.9 Å². The Morgan fingerprint density at radius 1 is 1.24 bits per heavy atom. The van der Waals surface area contributed by atoms with E-state index in [0.29, 0.717) is 18.7 Å². The fourth-order valence-electron chi connectivity index (χ4n) is 2.51. The number of hydrogen-bond donors (Lipinski definition) is 1. The van der Waals surface area contributed by atoms with Gasteiger partial charge in [-0.15, -0.1) is 0 Å².